The van der Waals surface area contributed by atoms with Crippen LogP contribution in [-0.2, 0) is 0 Å². The first-order valence-corrected chi connectivity index (χ1v) is 11.5. The van der Waals surface area contributed by atoms with Gasteiger partial charge in [0.1, 0.15) is 34.5 Å². The maximum absolute atomic E-state index is 13.0. The average molecular weight is 501 g/mol. The Morgan fingerprint density at radius 2 is 1.81 bits per heavy atom. The molecule has 0 radical (unpaired) electrons. The molecule has 180 valence electrons. The van der Waals surface area contributed by atoms with E-state index >= 15 is 0 Å². The first-order chi connectivity index (χ1) is 17.3. The fourth-order valence-electron chi connectivity index (χ4n) is 4.33. The summed E-state index contributed by atoms with van der Waals surface area (Å²) in [6, 6.07) is 18.1. The van der Waals surface area contributed by atoms with Gasteiger partial charge in [0.15, 0.2) is 0 Å². The minimum Gasteiger partial charge on any atom is -0.497 e. The molecule has 0 bridgehead atoms. The molecule has 0 fully saturated rings. The fraction of sp³-hybridized carbons (Fsp3) is 0.143. The summed E-state index contributed by atoms with van der Waals surface area (Å²) in [4.78, 5) is 13.0. The summed E-state index contributed by atoms with van der Waals surface area (Å²) < 4.78 is 22.4. The lowest BCUT2D eigenvalue weighted by atomic mass is 9.83. The van der Waals surface area contributed by atoms with E-state index in [1.165, 1.54) is 0 Å². The smallest absolute Gasteiger partial charge is 0.379 e. The van der Waals surface area contributed by atoms with E-state index in [0.717, 1.165) is 22.1 Å². The Morgan fingerprint density at radius 3 is 2.50 bits per heavy atom. The van der Waals surface area contributed by atoms with Crippen molar-refractivity contribution in [2.75, 3.05) is 7.11 Å². The van der Waals surface area contributed by atoms with Crippen LogP contribution in [0.2, 0.25) is 5.02 Å². The van der Waals surface area contributed by atoms with Gasteiger partial charge in [-0.25, -0.2) is 4.79 Å². The third-order valence-corrected chi connectivity index (χ3v) is 6.66. The van der Waals surface area contributed by atoms with Gasteiger partial charge in [-0.3, -0.25) is 0 Å². The number of ether oxygens (including phenoxy) is 3. The standard InChI is InChI=1S/C28H21ClN2O5/c1-14-10-23-20(12-22(14)29)15(2)26(35-23)28(32)34-18-8-9-19-24(11-18)36-27(31)21(13-30)25(19)16-4-6-17(33-3)7-5-16/h4-12,25H,31H2,1-3H3. The molecule has 8 heteroatoms. The second kappa shape index (κ2) is 8.99. The Balaban J connectivity index is 1.48. The van der Waals surface area contributed by atoms with Crippen LogP contribution in [0.5, 0.6) is 17.2 Å². The molecule has 1 aliphatic rings. The monoisotopic (exact) mass is 500 g/mol. The number of carbonyl (C=O) groups excluding carboxylic acids is 1. The number of rotatable bonds is 4. The van der Waals surface area contributed by atoms with Crippen molar-refractivity contribution in [2.24, 2.45) is 5.73 Å². The number of esters is 1. The molecule has 1 unspecified atom stereocenters. The second-order valence-corrected chi connectivity index (χ2v) is 8.85. The Labute approximate surface area is 212 Å². The van der Waals surface area contributed by atoms with Crippen LogP contribution in [0.1, 0.15) is 38.7 Å². The van der Waals surface area contributed by atoms with Crippen LogP contribution in [0.25, 0.3) is 11.0 Å². The summed E-state index contributed by atoms with van der Waals surface area (Å²) in [5.74, 6) is 0.321. The summed E-state index contributed by atoms with van der Waals surface area (Å²) in [6.07, 6.45) is 0. The van der Waals surface area contributed by atoms with Crippen molar-refractivity contribution in [2.45, 2.75) is 19.8 Å². The van der Waals surface area contributed by atoms with Gasteiger partial charge in [0.05, 0.1) is 13.0 Å². The molecule has 2 N–H and O–H groups in total. The van der Waals surface area contributed by atoms with Crippen molar-refractivity contribution in [3.05, 3.63) is 99.1 Å². The summed E-state index contributed by atoms with van der Waals surface area (Å²) >= 11 is 6.24. The van der Waals surface area contributed by atoms with E-state index in [9.17, 15) is 10.1 Å². The largest absolute Gasteiger partial charge is 0.497 e. The molecule has 4 aromatic rings. The van der Waals surface area contributed by atoms with Crippen molar-refractivity contribution in [1.29, 1.82) is 5.26 Å². The topological polar surface area (TPSA) is 108 Å². The number of allylic oxidation sites excluding steroid dienone is 1. The first-order valence-electron chi connectivity index (χ1n) is 11.1. The molecule has 1 aliphatic heterocycles. The highest BCUT2D eigenvalue weighted by Crippen LogP contribution is 2.44. The normalized spacial score (nSPS) is 14.7. The Morgan fingerprint density at radius 1 is 1.08 bits per heavy atom. The molecule has 0 aliphatic carbocycles. The van der Waals surface area contributed by atoms with Gasteiger partial charge < -0.3 is 24.4 Å². The van der Waals surface area contributed by atoms with Crippen LogP contribution >= 0.6 is 11.6 Å². The van der Waals surface area contributed by atoms with Gasteiger partial charge in [0.25, 0.3) is 0 Å². The molecule has 1 atom stereocenters. The minimum absolute atomic E-state index is 0.00493. The maximum Gasteiger partial charge on any atom is 0.379 e. The van der Waals surface area contributed by atoms with Crippen LogP contribution < -0.4 is 19.9 Å². The predicted octanol–water partition coefficient (Wildman–Crippen LogP) is 6.15. The molecule has 1 aromatic heterocycles. The van der Waals surface area contributed by atoms with Gasteiger partial charge in [-0.15, -0.1) is 0 Å². The van der Waals surface area contributed by atoms with E-state index < -0.39 is 11.9 Å². The van der Waals surface area contributed by atoms with E-state index in [-0.39, 0.29) is 17.4 Å². The molecule has 2 heterocycles. The summed E-state index contributed by atoms with van der Waals surface area (Å²) in [7, 11) is 1.59. The SMILES string of the molecule is COc1ccc(C2C(C#N)=C(N)Oc3cc(OC(=O)c4oc5cc(C)c(Cl)cc5c4C)ccc32)cc1. The Kier molecular flexibility index (Phi) is 5.83. The van der Waals surface area contributed by atoms with Gasteiger partial charge in [0.2, 0.25) is 11.6 Å². The Hall–Kier alpha value is -4.41. The summed E-state index contributed by atoms with van der Waals surface area (Å²) in [5, 5.41) is 11.1. The quantitative estimate of drug-likeness (QED) is 0.264. The first kappa shape index (κ1) is 23.3. The number of nitrogens with two attached hydrogens (primary N) is 1. The second-order valence-electron chi connectivity index (χ2n) is 8.44. The lowest BCUT2D eigenvalue weighted by Crippen LogP contribution is -2.21. The summed E-state index contributed by atoms with van der Waals surface area (Å²) in [5.41, 5.74) is 9.99. The number of aryl methyl sites for hydroxylation is 2. The number of furan rings is 1. The number of nitriles is 1. The van der Waals surface area contributed by atoms with E-state index in [1.807, 2.05) is 31.2 Å². The zero-order chi connectivity index (χ0) is 25.6. The molecule has 36 heavy (non-hydrogen) atoms. The van der Waals surface area contributed by atoms with Crippen molar-refractivity contribution in [3.63, 3.8) is 0 Å². The number of hydrogen-bond acceptors (Lipinski definition) is 7. The highest BCUT2D eigenvalue weighted by Gasteiger charge is 2.31. The highest BCUT2D eigenvalue weighted by atomic mass is 35.5. The number of fused-ring (bicyclic) bond motifs is 2. The molecule has 0 saturated heterocycles. The predicted molar refractivity (Wildman–Crippen MR) is 134 cm³/mol. The van der Waals surface area contributed by atoms with Crippen molar-refractivity contribution in [1.82, 2.24) is 0 Å². The number of nitrogens with zero attached hydrogens (tertiary/aromatic N) is 1. The molecule has 0 spiro atoms. The fourth-order valence-corrected chi connectivity index (χ4v) is 4.49. The van der Waals surface area contributed by atoms with Crippen LogP contribution in [0.15, 0.2) is 70.5 Å². The van der Waals surface area contributed by atoms with Gasteiger partial charge >= 0.3 is 5.97 Å². The van der Waals surface area contributed by atoms with Crippen LogP contribution in [0.4, 0.5) is 0 Å². The van der Waals surface area contributed by atoms with E-state index in [4.69, 9.17) is 36.0 Å². The van der Waals surface area contributed by atoms with Gasteiger partial charge in [-0.1, -0.05) is 29.8 Å². The van der Waals surface area contributed by atoms with Gasteiger partial charge in [-0.05, 0) is 55.3 Å². The third kappa shape index (κ3) is 3.92. The van der Waals surface area contributed by atoms with E-state index in [0.29, 0.717) is 33.2 Å². The average Bonchev–Trinajstić information content (AvgIpc) is 3.18. The number of halogens is 1. The Bertz CT molecular complexity index is 1600. The third-order valence-electron chi connectivity index (χ3n) is 6.25. The summed E-state index contributed by atoms with van der Waals surface area (Å²) in [6.45, 7) is 3.64. The lowest BCUT2D eigenvalue weighted by Gasteiger charge is -2.26. The zero-order valence-corrected chi connectivity index (χ0v) is 20.5. The lowest BCUT2D eigenvalue weighted by molar-refractivity contribution is 0.0702. The molecule has 7 nitrogen and oxygen atoms in total. The number of methoxy groups -OCH3 is 1. The molecule has 5 rings (SSSR count). The minimum atomic E-state index is -0.652. The van der Waals surface area contributed by atoms with Crippen LogP contribution in [-0.4, -0.2) is 13.1 Å². The van der Waals surface area contributed by atoms with Crippen molar-refractivity contribution >= 4 is 28.5 Å². The highest BCUT2D eigenvalue weighted by molar-refractivity contribution is 6.32. The molecule has 0 saturated carbocycles. The van der Waals surface area contributed by atoms with Crippen LogP contribution in [0, 0.1) is 25.2 Å². The number of benzene rings is 3. The van der Waals surface area contributed by atoms with Crippen molar-refractivity contribution in [3.8, 4) is 23.3 Å². The molecule has 3 aromatic carbocycles. The van der Waals surface area contributed by atoms with Crippen LogP contribution in [0.3, 0.4) is 0 Å². The maximum atomic E-state index is 13.0. The van der Waals surface area contributed by atoms with E-state index in [1.54, 1.807) is 44.4 Å². The van der Waals surface area contributed by atoms with Gasteiger partial charge in [-0.2, -0.15) is 5.26 Å². The molecule has 0 amide bonds. The number of hydrogen-bond donors (Lipinski definition) is 1. The van der Waals surface area contributed by atoms with E-state index in [2.05, 4.69) is 6.07 Å². The van der Waals surface area contributed by atoms with Gasteiger partial charge in [0, 0.05) is 27.6 Å². The number of carbonyl (C=O) groups is 1. The molecular weight excluding hydrogens is 480 g/mol. The van der Waals surface area contributed by atoms with Crippen molar-refractivity contribution < 1.29 is 23.4 Å². The zero-order valence-electron chi connectivity index (χ0n) is 19.7. The molecular formula is C28H21ClN2O5.